The van der Waals surface area contributed by atoms with Crippen molar-refractivity contribution in [2.24, 2.45) is 0 Å². The van der Waals surface area contributed by atoms with E-state index in [0.717, 1.165) is 5.56 Å². The van der Waals surface area contributed by atoms with Crippen LogP contribution in [0.2, 0.25) is 0 Å². The Labute approximate surface area is 171 Å². The molecule has 0 radical (unpaired) electrons. The quantitative estimate of drug-likeness (QED) is 0.388. The molecule has 0 saturated heterocycles. The summed E-state index contributed by atoms with van der Waals surface area (Å²) in [5, 5.41) is 0. The topological polar surface area (TPSA) is 52.6 Å². The Morgan fingerprint density at radius 3 is 1.71 bits per heavy atom. The van der Waals surface area contributed by atoms with E-state index in [1.807, 2.05) is 6.08 Å². The summed E-state index contributed by atoms with van der Waals surface area (Å²) in [6.45, 7) is 16.9. The molecule has 0 fully saturated rings. The largest absolute Gasteiger partial charge is 0.340 e. The number of ketones is 1. The van der Waals surface area contributed by atoms with Crippen molar-refractivity contribution in [1.82, 2.24) is 0 Å². The Morgan fingerprint density at radius 2 is 1.36 bits per heavy atom. The zero-order chi connectivity index (χ0) is 21.9. The van der Waals surface area contributed by atoms with Gasteiger partial charge in [0, 0.05) is 14.2 Å². The lowest BCUT2D eigenvalue weighted by atomic mass is 9.78. The van der Waals surface area contributed by atoms with Gasteiger partial charge < -0.3 is 9.05 Å². The van der Waals surface area contributed by atoms with Gasteiger partial charge in [-0.1, -0.05) is 72.7 Å². The molecule has 5 heteroatoms. The second-order valence-electron chi connectivity index (χ2n) is 9.47. The standard InChI is InChI=1S/C23H37O4P/c1-16(11-12-21(24)17(2)28(25,26-9)27-10)18-13-19(22(3,4)5)15-20(14-18)23(6,7)8/h11-17H,1-10H3/b12-11+. The minimum atomic E-state index is -3.42. The van der Waals surface area contributed by atoms with Crippen LogP contribution in [0.15, 0.2) is 30.4 Å². The SMILES string of the molecule is COP(=O)(OC)C(C)C(=O)/C=C/C(C)c1cc(C(C)(C)C)cc(C(C)(C)C)c1. The second-order valence-corrected chi connectivity index (χ2v) is 12.1. The van der Waals surface area contributed by atoms with Gasteiger partial charge in [0.1, 0.15) is 5.66 Å². The summed E-state index contributed by atoms with van der Waals surface area (Å²) in [5.41, 5.74) is 2.95. The van der Waals surface area contributed by atoms with E-state index in [1.165, 1.54) is 31.4 Å². The molecule has 0 aliphatic heterocycles. The van der Waals surface area contributed by atoms with Gasteiger partial charge in [-0.15, -0.1) is 0 Å². The molecule has 1 aromatic rings. The van der Waals surface area contributed by atoms with Crippen molar-refractivity contribution in [2.45, 2.75) is 77.8 Å². The first-order valence-corrected chi connectivity index (χ1v) is 11.4. The fourth-order valence-electron chi connectivity index (χ4n) is 2.82. The summed E-state index contributed by atoms with van der Waals surface area (Å²) in [6.07, 6.45) is 3.36. The predicted octanol–water partition coefficient (Wildman–Crippen LogP) is 6.38. The Kier molecular flexibility index (Phi) is 8.04. The van der Waals surface area contributed by atoms with Crippen LogP contribution in [0.3, 0.4) is 0 Å². The maximum atomic E-state index is 12.5. The molecule has 0 spiro atoms. The predicted molar refractivity (Wildman–Crippen MR) is 117 cm³/mol. The summed E-state index contributed by atoms with van der Waals surface area (Å²) < 4.78 is 22.3. The molecule has 0 bridgehead atoms. The van der Waals surface area contributed by atoms with Crippen LogP contribution in [-0.2, 0) is 29.2 Å². The summed E-state index contributed by atoms with van der Waals surface area (Å²) in [6, 6.07) is 6.71. The third-order valence-corrected chi connectivity index (χ3v) is 7.38. The summed E-state index contributed by atoms with van der Waals surface area (Å²) in [5.74, 6) is -0.217. The van der Waals surface area contributed by atoms with Gasteiger partial charge in [0.25, 0.3) is 0 Å². The molecule has 0 amide bonds. The molecule has 2 unspecified atom stereocenters. The van der Waals surface area contributed by atoms with Crippen molar-refractivity contribution in [1.29, 1.82) is 0 Å². The third kappa shape index (κ3) is 6.14. The number of carbonyl (C=O) groups is 1. The average Bonchev–Trinajstić information content (AvgIpc) is 2.62. The highest BCUT2D eigenvalue weighted by Gasteiger charge is 2.34. The van der Waals surface area contributed by atoms with Crippen LogP contribution in [0.4, 0.5) is 0 Å². The Balaban J connectivity index is 3.21. The zero-order valence-electron chi connectivity index (χ0n) is 19.1. The Morgan fingerprint density at radius 1 is 0.929 bits per heavy atom. The molecule has 4 nitrogen and oxygen atoms in total. The number of rotatable bonds is 7. The van der Waals surface area contributed by atoms with Crippen molar-refractivity contribution in [3.8, 4) is 0 Å². The minimum absolute atomic E-state index is 0.0351. The average molecular weight is 409 g/mol. The van der Waals surface area contributed by atoms with Gasteiger partial charge >= 0.3 is 7.60 Å². The van der Waals surface area contributed by atoms with Gasteiger partial charge in [-0.2, -0.15) is 0 Å². The fourth-order valence-corrected chi connectivity index (χ4v) is 4.00. The number of allylic oxidation sites excluding steroid dienone is 2. The van der Waals surface area contributed by atoms with Crippen molar-refractivity contribution in [3.05, 3.63) is 47.0 Å². The van der Waals surface area contributed by atoms with Crippen LogP contribution in [-0.4, -0.2) is 25.7 Å². The molecule has 28 heavy (non-hydrogen) atoms. The van der Waals surface area contributed by atoms with E-state index in [-0.39, 0.29) is 22.5 Å². The highest BCUT2D eigenvalue weighted by Crippen LogP contribution is 2.51. The normalized spacial score (nSPS) is 15.6. The maximum Gasteiger partial charge on any atom is 0.340 e. The highest BCUT2D eigenvalue weighted by atomic mass is 31.2. The first-order chi connectivity index (χ1) is 12.7. The Bertz CT molecular complexity index is 726. The number of hydrogen-bond acceptors (Lipinski definition) is 4. The Hall–Kier alpha value is -1.22. The molecule has 158 valence electrons. The van der Waals surface area contributed by atoms with E-state index in [9.17, 15) is 9.36 Å². The van der Waals surface area contributed by atoms with E-state index >= 15 is 0 Å². The molecular formula is C23H37O4P. The van der Waals surface area contributed by atoms with Crippen LogP contribution in [0, 0.1) is 0 Å². The van der Waals surface area contributed by atoms with Crippen LogP contribution < -0.4 is 0 Å². The summed E-state index contributed by atoms with van der Waals surface area (Å²) in [7, 11) is -0.825. The van der Waals surface area contributed by atoms with Gasteiger partial charge in [-0.3, -0.25) is 9.36 Å². The van der Waals surface area contributed by atoms with E-state index in [1.54, 1.807) is 6.92 Å². The lowest BCUT2D eigenvalue weighted by Crippen LogP contribution is -2.18. The molecule has 0 aromatic heterocycles. The van der Waals surface area contributed by atoms with Crippen molar-refractivity contribution < 1.29 is 18.4 Å². The van der Waals surface area contributed by atoms with Gasteiger partial charge in [-0.05, 0) is 46.4 Å². The molecule has 0 saturated carbocycles. The van der Waals surface area contributed by atoms with E-state index in [0.29, 0.717) is 0 Å². The highest BCUT2D eigenvalue weighted by molar-refractivity contribution is 7.55. The smallest absolute Gasteiger partial charge is 0.311 e. The molecule has 0 aliphatic rings. The van der Waals surface area contributed by atoms with Crippen LogP contribution in [0.5, 0.6) is 0 Å². The minimum Gasteiger partial charge on any atom is -0.311 e. The number of carbonyl (C=O) groups excluding carboxylic acids is 1. The molecule has 0 heterocycles. The van der Waals surface area contributed by atoms with Crippen molar-refractivity contribution in [3.63, 3.8) is 0 Å². The first kappa shape index (κ1) is 24.8. The van der Waals surface area contributed by atoms with Crippen molar-refractivity contribution >= 4 is 13.4 Å². The second kappa shape index (κ2) is 9.07. The zero-order valence-corrected chi connectivity index (χ0v) is 20.0. The van der Waals surface area contributed by atoms with Crippen LogP contribution >= 0.6 is 7.60 Å². The van der Waals surface area contributed by atoms with Crippen LogP contribution in [0.25, 0.3) is 0 Å². The lowest BCUT2D eigenvalue weighted by Gasteiger charge is -2.27. The summed E-state index contributed by atoms with van der Waals surface area (Å²) >= 11 is 0. The monoisotopic (exact) mass is 408 g/mol. The molecule has 1 aromatic carbocycles. The van der Waals surface area contributed by atoms with Crippen molar-refractivity contribution in [2.75, 3.05) is 14.2 Å². The fraction of sp³-hybridized carbons (Fsp3) is 0.609. The number of benzene rings is 1. The molecule has 2 atom stereocenters. The van der Waals surface area contributed by atoms with Gasteiger partial charge in [0.05, 0.1) is 0 Å². The van der Waals surface area contributed by atoms with E-state index in [2.05, 4.69) is 66.7 Å². The van der Waals surface area contributed by atoms with Crippen LogP contribution in [0.1, 0.15) is 78.0 Å². The summed E-state index contributed by atoms with van der Waals surface area (Å²) in [4.78, 5) is 12.5. The first-order valence-electron chi connectivity index (χ1n) is 9.75. The van der Waals surface area contributed by atoms with Gasteiger partial charge in [0.2, 0.25) is 0 Å². The molecular weight excluding hydrogens is 371 g/mol. The molecule has 1 rings (SSSR count). The maximum absolute atomic E-state index is 12.5. The molecule has 0 N–H and O–H groups in total. The third-order valence-electron chi connectivity index (χ3n) is 5.16. The van der Waals surface area contributed by atoms with Gasteiger partial charge in [0.15, 0.2) is 5.78 Å². The molecule has 0 aliphatic carbocycles. The van der Waals surface area contributed by atoms with E-state index < -0.39 is 13.3 Å². The van der Waals surface area contributed by atoms with E-state index in [4.69, 9.17) is 9.05 Å². The van der Waals surface area contributed by atoms with Gasteiger partial charge in [-0.25, -0.2) is 0 Å². The number of hydrogen-bond donors (Lipinski definition) is 0. The lowest BCUT2D eigenvalue weighted by molar-refractivity contribution is -0.114.